The third-order valence-corrected chi connectivity index (χ3v) is 6.90. The van der Waals surface area contributed by atoms with Crippen molar-refractivity contribution in [3.05, 3.63) is 22.5 Å². The fourth-order valence-electron chi connectivity index (χ4n) is 3.34. The number of aryl methyl sites for hydroxylation is 1. The van der Waals surface area contributed by atoms with Crippen molar-refractivity contribution < 1.29 is 22.7 Å². The fraction of sp³-hybridized carbons (Fsp3) is 0.588. The summed E-state index contributed by atoms with van der Waals surface area (Å²) in [6, 6.07) is -0.292. The number of ether oxygens (including phenoxy) is 1. The highest BCUT2D eigenvalue weighted by Crippen LogP contribution is 2.30. The second kappa shape index (κ2) is 7.52. The lowest BCUT2D eigenvalue weighted by atomic mass is 9.96. The topological polar surface area (TPSA) is 95.3 Å². The molecule has 1 aromatic heterocycles. The highest BCUT2D eigenvalue weighted by molar-refractivity contribution is 7.91. The molecule has 3 rings (SSSR count). The predicted molar refractivity (Wildman–Crippen MR) is 96.7 cm³/mol. The van der Waals surface area contributed by atoms with Gasteiger partial charge in [0.15, 0.2) is 21.7 Å². The number of esters is 1. The van der Waals surface area contributed by atoms with E-state index in [0.717, 1.165) is 12.8 Å². The molecule has 2 aliphatic rings. The van der Waals surface area contributed by atoms with Crippen molar-refractivity contribution >= 4 is 39.3 Å². The molecule has 1 aliphatic heterocycles. The van der Waals surface area contributed by atoms with Gasteiger partial charge in [0.05, 0.1) is 23.2 Å². The van der Waals surface area contributed by atoms with Gasteiger partial charge in [0.2, 0.25) is 0 Å². The second-order valence-corrected chi connectivity index (χ2v) is 9.35. The first-order chi connectivity index (χ1) is 12.3. The van der Waals surface area contributed by atoms with E-state index in [4.69, 9.17) is 16.3 Å². The molecule has 26 heavy (non-hydrogen) atoms. The summed E-state index contributed by atoms with van der Waals surface area (Å²) in [4.78, 5) is 23.7. The molecule has 0 N–H and O–H groups in total. The van der Waals surface area contributed by atoms with Crippen molar-refractivity contribution in [2.24, 2.45) is 0 Å². The highest BCUT2D eigenvalue weighted by Gasteiger charge is 2.32. The number of ketones is 1. The predicted octanol–water partition coefficient (Wildman–Crippen LogP) is 2.27. The van der Waals surface area contributed by atoms with Crippen LogP contribution in [0.5, 0.6) is 0 Å². The van der Waals surface area contributed by atoms with Gasteiger partial charge < -0.3 is 4.74 Å². The number of nitrogens with zero attached hydrogens (tertiary/aromatic N) is 2. The van der Waals surface area contributed by atoms with Crippen molar-refractivity contribution in [2.75, 3.05) is 11.5 Å². The lowest BCUT2D eigenvalue weighted by Gasteiger charge is -2.19. The monoisotopic (exact) mass is 400 g/mol. The first-order valence-electron chi connectivity index (χ1n) is 8.63. The molecule has 1 saturated heterocycles. The maximum Gasteiger partial charge on any atom is 0.331 e. The molecule has 1 saturated carbocycles. The molecule has 0 amide bonds. The Kier molecular flexibility index (Phi) is 5.53. The third-order valence-electron chi connectivity index (χ3n) is 4.77. The number of hydrogen-bond acceptors (Lipinski definition) is 6. The van der Waals surface area contributed by atoms with Crippen molar-refractivity contribution in [1.82, 2.24) is 9.78 Å². The van der Waals surface area contributed by atoms with Gasteiger partial charge in [0.25, 0.3) is 0 Å². The van der Waals surface area contributed by atoms with Gasteiger partial charge in [0, 0.05) is 18.1 Å². The van der Waals surface area contributed by atoms with Crippen molar-refractivity contribution in [3.63, 3.8) is 0 Å². The van der Waals surface area contributed by atoms with Crippen LogP contribution < -0.4 is 0 Å². The molecular formula is C17H21ClN2O5S. The van der Waals surface area contributed by atoms with Gasteiger partial charge in [-0.1, -0.05) is 11.6 Å². The summed E-state index contributed by atoms with van der Waals surface area (Å²) < 4.78 is 30.0. The van der Waals surface area contributed by atoms with Gasteiger partial charge in [-0.3, -0.25) is 4.79 Å². The second-order valence-electron chi connectivity index (χ2n) is 6.76. The van der Waals surface area contributed by atoms with Crippen LogP contribution in [0.25, 0.3) is 6.08 Å². The number of carbonyl (C=O) groups is 2. The summed E-state index contributed by atoms with van der Waals surface area (Å²) in [6.45, 7) is 1.74. The van der Waals surface area contributed by atoms with Crippen molar-refractivity contribution in [3.8, 4) is 0 Å². The molecule has 142 valence electrons. The first kappa shape index (κ1) is 19.1. The molecule has 2 atom stereocenters. The van der Waals surface area contributed by atoms with E-state index in [9.17, 15) is 18.0 Å². The van der Waals surface area contributed by atoms with Crippen LogP contribution in [0.2, 0.25) is 5.15 Å². The average Bonchev–Trinajstić information content (AvgIpc) is 3.07. The van der Waals surface area contributed by atoms with E-state index >= 15 is 0 Å². The van der Waals surface area contributed by atoms with E-state index in [-0.39, 0.29) is 23.3 Å². The Morgan fingerprint density at radius 1 is 1.35 bits per heavy atom. The molecule has 1 aromatic rings. The Hall–Kier alpha value is -1.67. The Morgan fingerprint density at radius 2 is 2.12 bits per heavy atom. The minimum Gasteiger partial charge on any atom is -0.451 e. The SMILES string of the molecule is Cc1nn([C@H]2CCS(=O)(=O)C2)c(Cl)c1/C=C/C(=O)O[C@@H]1CCCCC1=O. The molecule has 1 aliphatic carbocycles. The van der Waals surface area contributed by atoms with Gasteiger partial charge in [0.1, 0.15) is 5.15 Å². The lowest BCUT2D eigenvalue weighted by molar-refractivity contribution is -0.152. The van der Waals surface area contributed by atoms with Crippen LogP contribution >= 0.6 is 11.6 Å². The summed E-state index contributed by atoms with van der Waals surface area (Å²) in [5.74, 6) is -0.498. The molecule has 0 spiro atoms. The van der Waals surface area contributed by atoms with Gasteiger partial charge in [-0.05, 0) is 38.7 Å². The van der Waals surface area contributed by atoms with Crippen LogP contribution in [0.15, 0.2) is 6.08 Å². The lowest BCUT2D eigenvalue weighted by Crippen LogP contribution is -2.29. The van der Waals surface area contributed by atoms with Gasteiger partial charge >= 0.3 is 5.97 Å². The van der Waals surface area contributed by atoms with Crippen LogP contribution in [-0.2, 0) is 24.2 Å². The third kappa shape index (κ3) is 4.17. The molecule has 2 heterocycles. The van der Waals surface area contributed by atoms with Crippen molar-refractivity contribution in [1.29, 1.82) is 0 Å². The quantitative estimate of drug-likeness (QED) is 0.568. The maximum atomic E-state index is 12.0. The van der Waals surface area contributed by atoms with Crippen LogP contribution in [-0.4, -0.2) is 47.6 Å². The molecule has 7 nitrogen and oxygen atoms in total. The summed E-state index contributed by atoms with van der Waals surface area (Å²) in [6.07, 6.45) is 5.26. The molecule has 0 unspecified atom stereocenters. The van der Waals surface area contributed by atoms with Crippen LogP contribution in [0.1, 0.15) is 49.4 Å². The number of rotatable bonds is 4. The first-order valence-corrected chi connectivity index (χ1v) is 10.8. The molecular weight excluding hydrogens is 380 g/mol. The largest absolute Gasteiger partial charge is 0.451 e. The zero-order valence-corrected chi connectivity index (χ0v) is 16.1. The minimum absolute atomic E-state index is 0.0167. The Morgan fingerprint density at radius 3 is 2.77 bits per heavy atom. The summed E-state index contributed by atoms with van der Waals surface area (Å²) >= 11 is 6.35. The number of halogens is 1. The zero-order valence-electron chi connectivity index (χ0n) is 14.5. The number of aromatic nitrogens is 2. The van der Waals surface area contributed by atoms with E-state index in [2.05, 4.69) is 5.10 Å². The van der Waals surface area contributed by atoms with Crippen LogP contribution in [0, 0.1) is 6.92 Å². The van der Waals surface area contributed by atoms with E-state index in [1.165, 1.54) is 16.8 Å². The number of carbonyl (C=O) groups excluding carboxylic acids is 2. The number of Topliss-reactive ketones (excluding diaryl/α,β-unsaturated/α-hetero) is 1. The number of hydrogen-bond donors (Lipinski definition) is 0. The molecule has 0 bridgehead atoms. The fourth-order valence-corrected chi connectivity index (χ4v) is 5.41. The maximum absolute atomic E-state index is 12.0. The summed E-state index contributed by atoms with van der Waals surface area (Å²) in [5, 5.41) is 4.62. The van der Waals surface area contributed by atoms with Gasteiger partial charge in [-0.25, -0.2) is 17.9 Å². The molecule has 9 heteroatoms. The minimum atomic E-state index is -3.05. The smallest absolute Gasteiger partial charge is 0.331 e. The Balaban J connectivity index is 1.70. The zero-order chi connectivity index (χ0) is 18.9. The summed E-state index contributed by atoms with van der Waals surface area (Å²) in [5.41, 5.74) is 1.14. The van der Waals surface area contributed by atoms with Crippen molar-refractivity contribution in [2.45, 2.75) is 51.2 Å². The normalized spacial score (nSPS) is 25.7. The van der Waals surface area contributed by atoms with E-state index < -0.39 is 21.9 Å². The highest BCUT2D eigenvalue weighted by atomic mass is 35.5. The van der Waals surface area contributed by atoms with E-state index in [1.807, 2.05) is 0 Å². The average molecular weight is 401 g/mol. The molecule has 0 aromatic carbocycles. The molecule has 0 radical (unpaired) electrons. The number of sulfone groups is 1. The standard InChI is InChI=1S/C17H21ClN2O5S/c1-11-13(6-7-16(22)25-15-5-3-2-4-14(15)21)17(18)20(19-11)12-8-9-26(23,24)10-12/h6-7,12,15H,2-5,8-10H2,1H3/b7-6+/t12-,15+/m0/s1. The van der Waals surface area contributed by atoms with E-state index in [1.54, 1.807) is 6.92 Å². The van der Waals surface area contributed by atoms with E-state index in [0.29, 0.717) is 35.7 Å². The Bertz CT molecular complexity index is 859. The van der Waals surface area contributed by atoms with Crippen LogP contribution in [0.3, 0.4) is 0 Å². The van der Waals surface area contributed by atoms with Gasteiger partial charge in [-0.15, -0.1) is 0 Å². The summed E-state index contributed by atoms with van der Waals surface area (Å²) in [7, 11) is -3.05. The Labute approximate surface area is 157 Å². The van der Waals surface area contributed by atoms with Crippen LogP contribution in [0.4, 0.5) is 0 Å². The van der Waals surface area contributed by atoms with Gasteiger partial charge in [-0.2, -0.15) is 5.10 Å². The molecule has 2 fully saturated rings.